The van der Waals surface area contributed by atoms with Crippen LogP contribution in [0, 0.1) is 0 Å². The van der Waals surface area contributed by atoms with Gasteiger partial charge in [-0.1, -0.05) is 6.92 Å². The average Bonchev–Trinajstić information content (AvgIpc) is 1.81. The second kappa shape index (κ2) is 2.27. The molecule has 0 aromatic heterocycles. The molecule has 0 spiro atoms. The molecule has 0 aromatic carbocycles. The van der Waals surface area contributed by atoms with Crippen molar-refractivity contribution >= 4 is 0 Å². The highest BCUT2D eigenvalue weighted by atomic mass is 16.3. The quantitative estimate of drug-likeness (QED) is 0.569. The van der Waals surface area contributed by atoms with Crippen LogP contribution in [-0.4, -0.2) is 23.3 Å². The minimum atomic E-state index is -0.421. The third kappa shape index (κ3) is 1.25. The number of rotatable bonds is 2. The van der Waals surface area contributed by atoms with Crippen LogP contribution in [-0.2, 0) is 0 Å². The Morgan fingerprint density at radius 3 is 2.56 bits per heavy atom. The predicted octanol–water partition coefficient (Wildman–Crippen LogP) is 0.509. The Balaban J connectivity index is 2.28. The van der Waals surface area contributed by atoms with Gasteiger partial charge in [-0.25, -0.2) is 0 Å². The van der Waals surface area contributed by atoms with Gasteiger partial charge < -0.3 is 10.4 Å². The molecule has 9 heavy (non-hydrogen) atoms. The maximum absolute atomic E-state index is 9.44. The molecule has 0 aliphatic heterocycles. The van der Waals surface area contributed by atoms with Crippen molar-refractivity contribution in [3.63, 3.8) is 0 Å². The van der Waals surface area contributed by atoms with Crippen molar-refractivity contribution in [2.24, 2.45) is 0 Å². The van der Waals surface area contributed by atoms with E-state index in [0.717, 1.165) is 19.4 Å². The summed E-state index contributed by atoms with van der Waals surface area (Å²) in [6.45, 7) is 4.92. The molecule has 0 heterocycles. The van der Waals surface area contributed by atoms with Crippen molar-refractivity contribution in [1.29, 1.82) is 0 Å². The van der Waals surface area contributed by atoms with Gasteiger partial charge in [0.25, 0.3) is 0 Å². The third-order valence-electron chi connectivity index (χ3n) is 2.14. The lowest BCUT2D eigenvalue weighted by Gasteiger charge is -2.43. The lowest BCUT2D eigenvalue weighted by molar-refractivity contribution is -0.0509. The Morgan fingerprint density at radius 1 is 1.78 bits per heavy atom. The van der Waals surface area contributed by atoms with Gasteiger partial charge in [0.2, 0.25) is 0 Å². The summed E-state index contributed by atoms with van der Waals surface area (Å²) >= 11 is 0. The molecule has 1 aliphatic carbocycles. The molecule has 54 valence electrons. The van der Waals surface area contributed by atoms with E-state index in [2.05, 4.69) is 12.2 Å². The Hall–Kier alpha value is -0.0800. The van der Waals surface area contributed by atoms with E-state index in [4.69, 9.17) is 0 Å². The minimum Gasteiger partial charge on any atom is -0.389 e. The molecule has 2 nitrogen and oxygen atoms in total. The van der Waals surface area contributed by atoms with Gasteiger partial charge in [-0.15, -0.1) is 0 Å². The van der Waals surface area contributed by atoms with Gasteiger partial charge >= 0.3 is 0 Å². The fourth-order valence-corrected chi connectivity index (χ4v) is 1.27. The molecule has 1 aliphatic rings. The van der Waals surface area contributed by atoms with Gasteiger partial charge in [0.1, 0.15) is 0 Å². The van der Waals surface area contributed by atoms with Crippen molar-refractivity contribution in [3.05, 3.63) is 0 Å². The largest absolute Gasteiger partial charge is 0.389 e. The average molecular weight is 129 g/mol. The third-order valence-corrected chi connectivity index (χ3v) is 2.14. The molecule has 0 unspecified atom stereocenters. The minimum absolute atomic E-state index is 0.350. The first-order chi connectivity index (χ1) is 4.17. The van der Waals surface area contributed by atoms with E-state index < -0.39 is 5.60 Å². The van der Waals surface area contributed by atoms with Crippen LogP contribution in [0.5, 0.6) is 0 Å². The fraction of sp³-hybridized carbons (Fsp3) is 1.00. The standard InChI is InChI=1S/C7H15NO/c1-3-8-6-4-5-7(6,2)9/h6,8-9H,3-5H2,1-2H3/t6-,7-/m0/s1. The summed E-state index contributed by atoms with van der Waals surface area (Å²) in [6.07, 6.45) is 2.07. The Labute approximate surface area is 56.3 Å². The van der Waals surface area contributed by atoms with Gasteiger partial charge in [-0.2, -0.15) is 0 Å². The van der Waals surface area contributed by atoms with Crippen LogP contribution >= 0.6 is 0 Å². The van der Waals surface area contributed by atoms with Gasteiger partial charge in [-0.3, -0.25) is 0 Å². The van der Waals surface area contributed by atoms with Crippen LogP contribution in [0.2, 0.25) is 0 Å². The van der Waals surface area contributed by atoms with E-state index in [9.17, 15) is 5.11 Å². The van der Waals surface area contributed by atoms with Crippen LogP contribution in [0.15, 0.2) is 0 Å². The van der Waals surface area contributed by atoms with E-state index in [1.54, 1.807) is 0 Å². The fourth-order valence-electron chi connectivity index (χ4n) is 1.27. The molecule has 2 atom stereocenters. The molecular formula is C7H15NO. The summed E-state index contributed by atoms with van der Waals surface area (Å²) in [7, 11) is 0. The van der Waals surface area contributed by atoms with Crippen molar-refractivity contribution in [2.75, 3.05) is 6.54 Å². The van der Waals surface area contributed by atoms with Gasteiger partial charge in [0.15, 0.2) is 0 Å². The molecule has 2 heteroatoms. The van der Waals surface area contributed by atoms with Gasteiger partial charge in [0, 0.05) is 6.04 Å². The van der Waals surface area contributed by atoms with E-state index in [-0.39, 0.29) is 0 Å². The highest BCUT2D eigenvalue weighted by Gasteiger charge is 2.39. The molecule has 1 fully saturated rings. The second-order valence-corrected chi connectivity index (χ2v) is 3.01. The van der Waals surface area contributed by atoms with Crippen LogP contribution in [0.3, 0.4) is 0 Å². The highest BCUT2D eigenvalue weighted by Crippen LogP contribution is 2.31. The number of nitrogens with one attached hydrogen (secondary N) is 1. The molecule has 0 saturated heterocycles. The van der Waals surface area contributed by atoms with E-state index in [1.807, 2.05) is 6.92 Å². The zero-order valence-electron chi connectivity index (χ0n) is 6.15. The Morgan fingerprint density at radius 2 is 2.44 bits per heavy atom. The van der Waals surface area contributed by atoms with E-state index >= 15 is 0 Å². The topological polar surface area (TPSA) is 32.3 Å². The van der Waals surface area contributed by atoms with Crippen LogP contribution in [0.1, 0.15) is 26.7 Å². The zero-order valence-corrected chi connectivity index (χ0v) is 6.15. The maximum atomic E-state index is 9.44. The van der Waals surface area contributed by atoms with Crippen LogP contribution in [0.25, 0.3) is 0 Å². The Bertz CT molecular complexity index is 101. The van der Waals surface area contributed by atoms with E-state index in [0.29, 0.717) is 6.04 Å². The molecular weight excluding hydrogens is 114 g/mol. The van der Waals surface area contributed by atoms with Gasteiger partial charge in [-0.05, 0) is 26.3 Å². The summed E-state index contributed by atoms with van der Waals surface area (Å²) in [6, 6.07) is 0.350. The van der Waals surface area contributed by atoms with Crippen molar-refractivity contribution in [2.45, 2.75) is 38.3 Å². The molecule has 0 aromatic rings. The number of likely N-dealkylation sites (N-methyl/N-ethyl adjacent to an activating group) is 1. The lowest BCUT2D eigenvalue weighted by Crippen LogP contribution is -2.56. The normalized spacial score (nSPS) is 42.3. The second-order valence-electron chi connectivity index (χ2n) is 3.01. The van der Waals surface area contributed by atoms with Crippen LogP contribution < -0.4 is 5.32 Å². The predicted molar refractivity (Wildman–Crippen MR) is 37.3 cm³/mol. The number of hydrogen-bond acceptors (Lipinski definition) is 2. The molecule has 1 rings (SSSR count). The molecule has 0 bridgehead atoms. The summed E-state index contributed by atoms with van der Waals surface area (Å²) in [5, 5.41) is 12.7. The summed E-state index contributed by atoms with van der Waals surface area (Å²) in [5.74, 6) is 0. The first-order valence-corrected chi connectivity index (χ1v) is 3.62. The van der Waals surface area contributed by atoms with E-state index in [1.165, 1.54) is 0 Å². The molecule has 2 N–H and O–H groups in total. The number of aliphatic hydroxyl groups is 1. The van der Waals surface area contributed by atoms with Crippen molar-refractivity contribution < 1.29 is 5.11 Å². The monoisotopic (exact) mass is 129 g/mol. The lowest BCUT2D eigenvalue weighted by atomic mass is 9.76. The number of hydrogen-bond donors (Lipinski definition) is 2. The Kier molecular flexibility index (Phi) is 1.78. The summed E-state index contributed by atoms with van der Waals surface area (Å²) in [5.41, 5.74) is -0.421. The van der Waals surface area contributed by atoms with Gasteiger partial charge in [0.05, 0.1) is 5.60 Å². The molecule has 0 amide bonds. The summed E-state index contributed by atoms with van der Waals surface area (Å²) < 4.78 is 0. The highest BCUT2D eigenvalue weighted by molar-refractivity contribution is 4.97. The van der Waals surface area contributed by atoms with Crippen LogP contribution in [0.4, 0.5) is 0 Å². The molecule has 1 saturated carbocycles. The zero-order chi connectivity index (χ0) is 6.91. The smallest absolute Gasteiger partial charge is 0.0772 e. The SMILES string of the molecule is CCN[C@H]1CC[C@]1(C)O. The first-order valence-electron chi connectivity index (χ1n) is 3.62. The van der Waals surface area contributed by atoms with Crippen molar-refractivity contribution in [3.8, 4) is 0 Å². The maximum Gasteiger partial charge on any atom is 0.0772 e. The molecule has 0 radical (unpaired) electrons. The first kappa shape index (κ1) is 7.03. The summed E-state index contributed by atoms with van der Waals surface area (Å²) in [4.78, 5) is 0. The van der Waals surface area contributed by atoms with Crippen molar-refractivity contribution in [1.82, 2.24) is 5.32 Å².